The van der Waals surface area contributed by atoms with E-state index in [0.717, 1.165) is 18.5 Å². The lowest BCUT2D eigenvalue weighted by atomic mass is 9.92. The van der Waals surface area contributed by atoms with Gasteiger partial charge < -0.3 is 29.5 Å². The highest BCUT2D eigenvalue weighted by Crippen LogP contribution is 2.41. The van der Waals surface area contributed by atoms with Crippen molar-refractivity contribution < 1.29 is 24.2 Å². The summed E-state index contributed by atoms with van der Waals surface area (Å²) in [5.74, 6) is 0.846. The molecule has 2 fully saturated rings. The molecule has 0 aromatic carbocycles. The first kappa shape index (κ1) is 22.5. The van der Waals surface area contributed by atoms with E-state index in [1.165, 1.54) is 6.33 Å². The van der Waals surface area contributed by atoms with E-state index in [4.69, 9.17) is 25.6 Å². The number of nitrogens with one attached hydrogen (secondary N) is 1. The number of aliphatic hydroxyl groups is 2. The largest absolute Gasteiger partial charge is 0.387 e. The van der Waals surface area contributed by atoms with Gasteiger partial charge in [0.25, 0.3) is 0 Å². The summed E-state index contributed by atoms with van der Waals surface area (Å²) in [6, 6.07) is 1.92. The van der Waals surface area contributed by atoms with Gasteiger partial charge in [0.1, 0.15) is 18.3 Å². The van der Waals surface area contributed by atoms with Crippen molar-refractivity contribution in [2.24, 2.45) is 0 Å². The lowest BCUT2D eigenvalue weighted by Crippen LogP contribution is -2.29. The van der Waals surface area contributed by atoms with Crippen LogP contribution in [0.4, 0.5) is 5.82 Å². The highest BCUT2D eigenvalue weighted by Gasteiger charge is 2.47. The van der Waals surface area contributed by atoms with E-state index in [1.807, 2.05) is 20.8 Å². The Labute approximate surface area is 195 Å². The summed E-state index contributed by atoms with van der Waals surface area (Å²) < 4.78 is 18.4. The summed E-state index contributed by atoms with van der Waals surface area (Å²) >= 11 is 6.21. The average Bonchev–Trinajstić information content (AvgIpc) is 3.48. The zero-order valence-corrected chi connectivity index (χ0v) is 19.4. The SMILES string of the molecule is CC(C)(C)c1cc([C@H]2O[C@@H](n3cnc4c(NC5CCOCC5)nc(Cl)nc43)[C@H](O)[C@@H]2O)on1. The van der Waals surface area contributed by atoms with E-state index < -0.39 is 24.5 Å². The molecule has 0 bridgehead atoms. The van der Waals surface area contributed by atoms with Crippen LogP contribution >= 0.6 is 11.6 Å². The van der Waals surface area contributed by atoms with Crippen molar-refractivity contribution >= 4 is 28.6 Å². The van der Waals surface area contributed by atoms with Gasteiger partial charge in [0.05, 0.1) is 12.0 Å². The maximum absolute atomic E-state index is 10.8. The van der Waals surface area contributed by atoms with Gasteiger partial charge in [0, 0.05) is 30.7 Å². The summed E-state index contributed by atoms with van der Waals surface area (Å²) in [5.41, 5.74) is 1.37. The Morgan fingerprint density at radius 3 is 2.61 bits per heavy atom. The fourth-order valence-corrected chi connectivity index (χ4v) is 4.28. The molecule has 0 radical (unpaired) electrons. The maximum Gasteiger partial charge on any atom is 0.226 e. The minimum Gasteiger partial charge on any atom is -0.387 e. The van der Waals surface area contributed by atoms with Crippen molar-refractivity contribution in [1.29, 1.82) is 0 Å². The van der Waals surface area contributed by atoms with Gasteiger partial charge in [-0.15, -0.1) is 0 Å². The first-order chi connectivity index (χ1) is 15.7. The van der Waals surface area contributed by atoms with E-state index >= 15 is 0 Å². The Morgan fingerprint density at radius 2 is 1.91 bits per heavy atom. The van der Waals surface area contributed by atoms with Crippen molar-refractivity contribution in [1.82, 2.24) is 24.7 Å². The first-order valence-electron chi connectivity index (χ1n) is 11.0. The molecule has 4 atom stereocenters. The Bertz CT molecular complexity index is 1140. The van der Waals surface area contributed by atoms with Crippen LogP contribution in [-0.4, -0.2) is 66.4 Å². The van der Waals surface area contributed by atoms with Crippen LogP contribution in [0.15, 0.2) is 16.9 Å². The predicted molar refractivity (Wildman–Crippen MR) is 118 cm³/mol. The van der Waals surface area contributed by atoms with E-state index in [2.05, 4.69) is 25.4 Å². The highest BCUT2D eigenvalue weighted by atomic mass is 35.5. The van der Waals surface area contributed by atoms with E-state index in [9.17, 15) is 10.2 Å². The minimum absolute atomic E-state index is 0.0356. The van der Waals surface area contributed by atoms with Crippen LogP contribution in [0.2, 0.25) is 5.28 Å². The zero-order chi connectivity index (χ0) is 23.3. The fraction of sp³-hybridized carbons (Fsp3) is 0.619. The van der Waals surface area contributed by atoms with Crippen LogP contribution in [0.25, 0.3) is 11.2 Å². The number of hydrogen-bond donors (Lipinski definition) is 3. The molecule has 2 aliphatic heterocycles. The van der Waals surface area contributed by atoms with Gasteiger partial charge in [-0.1, -0.05) is 25.9 Å². The monoisotopic (exact) mass is 478 g/mol. The molecule has 3 aromatic rings. The average molecular weight is 479 g/mol. The number of hydrogen-bond acceptors (Lipinski definition) is 10. The first-order valence-corrected chi connectivity index (χ1v) is 11.3. The van der Waals surface area contributed by atoms with E-state index in [0.29, 0.717) is 36.0 Å². The number of aromatic nitrogens is 5. The second-order valence-electron chi connectivity index (χ2n) is 9.49. The molecule has 0 unspecified atom stereocenters. The Hall–Kier alpha value is -2.31. The van der Waals surface area contributed by atoms with E-state index in [1.54, 1.807) is 10.6 Å². The molecule has 0 aliphatic carbocycles. The third-order valence-electron chi connectivity index (χ3n) is 6.05. The number of fused-ring (bicyclic) bond motifs is 1. The Morgan fingerprint density at radius 1 is 1.15 bits per heavy atom. The van der Waals surface area contributed by atoms with Crippen molar-refractivity contribution in [2.75, 3.05) is 18.5 Å². The number of imidazole rings is 1. The molecule has 33 heavy (non-hydrogen) atoms. The Kier molecular flexibility index (Phi) is 5.78. The highest BCUT2D eigenvalue weighted by molar-refractivity contribution is 6.28. The van der Waals surface area contributed by atoms with Crippen LogP contribution in [0.5, 0.6) is 0 Å². The van der Waals surface area contributed by atoms with Crippen LogP contribution in [0, 0.1) is 0 Å². The summed E-state index contributed by atoms with van der Waals surface area (Å²) in [6.07, 6.45) is -1.16. The van der Waals surface area contributed by atoms with Crippen LogP contribution < -0.4 is 5.32 Å². The molecule has 2 saturated heterocycles. The standard InChI is InChI=1S/C21H27ClN6O5/c1-21(2,3)12-8-11(33-27-12)16-14(29)15(30)19(32-16)28-9-23-13-17(25-20(22)26-18(13)28)24-10-4-6-31-7-5-10/h8-10,14-16,19,29-30H,4-7H2,1-3H3,(H,24,25,26)/t14-,15+,16+,19+/m0/s1. The minimum atomic E-state index is -1.25. The molecule has 3 aromatic heterocycles. The molecule has 2 aliphatic rings. The lowest BCUT2D eigenvalue weighted by molar-refractivity contribution is -0.0434. The zero-order valence-electron chi connectivity index (χ0n) is 18.6. The van der Waals surface area contributed by atoms with Crippen LogP contribution in [-0.2, 0) is 14.9 Å². The number of nitrogens with zero attached hydrogens (tertiary/aromatic N) is 5. The molecule has 0 spiro atoms. The summed E-state index contributed by atoms with van der Waals surface area (Å²) in [5, 5.41) is 29.0. The van der Waals surface area contributed by atoms with Crippen LogP contribution in [0.1, 0.15) is 57.4 Å². The Balaban J connectivity index is 1.44. The molecule has 12 heteroatoms. The lowest BCUT2D eigenvalue weighted by Gasteiger charge is -2.23. The molecule has 5 rings (SSSR count). The van der Waals surface area contributed by atoms with Gasteiger partial charge in [-0.2, -0.15) is 9.97 Å². The summed E-state index contributed by atoms with van der Waals surface area (Å²) in [6.45, 7) is 7.36. The number of ether oxygens (including phenoxy) is 2. The second kappa shape index (κ2) is 8.48. The third-order valence-corrected chi connectivity index (χ3v) is 6.21. The van der Waals surface area contributed by atoms with Gasteiger partial charge in [-0.25, -0.2) is 4.98 Å². The van der Waals surface area contributed by atoms with Gasteiger partial charge in [-0.05, 0) is 24.4 Å². The van der Waals surface area contributed by atoms with Crippen LogP contribution in [0.3, 0.4) is 0 Å². The molecular weight excluding hydrogens is 452 g/mol. The van der Waals surface area contributed by atoms with Crippen molar-refractivity contribution in [2.45, 2.75) is 69.6 Å². The molecule has 5 heterocycles. The molecule has 178 valence electrons. The number of aliphatic hydroxyl groups excluding tert-OH is 2. The normalized spacial score (nSPS) is 26.8. The smallest absolute Gasteiger partial charge is 0.226 e. The van der Waals surface area contributed by atoms with Crippen molar-refractivity contribution in [3.63, 3.8) is 0 Å². The quantitative estimate of drug-likeness (QED) is 0.478. The van der Waals surface area contributed by atoms with Crippen molar-refractivity contribution in [3.05, 3.63) is 29.1 Å². The number of halogens is 1. The van der Waals surface area contributed by atoms with E-state index in [-0.39, 0.29) is 16.7 Å². The summed E-state index contributed by atoms with van der Waals surface area (Å²) in [4.78, 5) is 13.1. The topological polar surface area (TPSA) is 141 Å². The third kappa shape index (κ3) is 4.19. The van der Waals surface area contributed by atoms with Crippen molar-refractivity contribution in [3.8, 4) is 0 Å². The molecule has 0 saturated carbocycles. The van der Waals surface area contributed by atoms with Gasteiger partial charge in [0.15, 0.2) is 29.0 Å². The second-order valence-corrected chi connectivity index (χ2v) is 9.83. The molecule has 11 nitrogen and oxygen atoms in total. The predicted octanol–water partition coefficient (Wildman–Crippen LogP) is 2.35. The number of rotatable bonds is 4. The fourth-order valence-electron chi connectivity index (χ4n) is 4.11. The molecule has 0 amide bonds. The van der Waals surface area contributed by atoms with Gasteiger partial charge in [-0.3, -0.25) is 4.57 Å². The maximum atomic E-state index is 10.8. The van der Waals surface area contributed by atoms with Gasteiger partial charge in [0.2, 0.25) is 5.28 Å². The molecule has 3 N–H and O–H groups in total. The summed E-state index contributed by atoms with van der Waals surface area (Å²) in [7, 11) is 0. The number of anilines is 1. The molecular formula is C21H27ClN6O5. The van der Waals surface area contributed by atoms with Gasteiger partial charge >= 0.3 is 0 Å².